The zero-order chi connectivity index (χ0) is 40.8. The molecule has 5 nitrogen and oxygen atoms in total. The van der Waals surface area contributed by atoms with Crippen molar-refractivity contribution in [1.82, 2.24) is 0 Å². The van der Waals surface area contributed by atoms with E-state index in [1.165, 1.54) is 49.0 Å². The number of aryl methyl sites for hydroxylation is 6. The molecule has 8 aromatic carbocycles. The van der Waals surface area contributed by atoms with E-state index < -0.39 is 21.8 Å². The second-order valence-corrected chi connectivity index (χ2v) is 24.2. The first-order valence-corrected chi connectivity index (χ1v) is 25.8. The van der Waals surface area contributed by atoms with Crippen molar-refractivity contribution in [2.75, 3.05) is 14.7 Å². The van der Waals surface area contributed by atoms with Gasteiger partial charge < -0.3 is 0 Å². The van der Waals surface area contributed by atoms with E-state index in [0.29, 0.717) is 0 Å². The van der Waals surface area contributed by atoms with E-state index >= 15 is 0 Å². The fraction of sp³-hybridized carbons (Fsp3) is 0.111. The van der Waals surface area contributed by atoms with Crippen molar-refractivity contribution in [2.45, 2.75) is 41.5 Å². The Morgan fingerprint density at radius 1 is 0.367 bits per heavy atom. The molecule has 11 rings (SSSR count). The number of benzene rings is 8. The van der Waals surface area contributed by atoms with Crippen LogP contribution < -0.4 is 34.0 Å². The van der Waals surface area contributed by atoms with Crippen molar-refractivity contribution in [3.8, 4) is 23.0 Å². The molecule has 0 unspecified atom stereocenters. The molecule has 60 heavy (non-hydrogen) atoms. The number of nitrogens with zero attached hydrogens (tertiary/aromatic N) is 3. The SMILES string of the molecule is Cc1ccc(N(c2ccc(C)cc2)c2ccc3[c]4c2Oc2cc(C)cc5[c]2[Bi]4[c]2c(ccc(N(c4ccc(C)cc4)c4ccc(C)cc4)c2O5)N3c2ccc(C)cc2)cc1. The monoisotopic (exact) mass is 975 g/mol. The van der Waals surface area contributed by atoms with Crippen molar-refractivity contribution in [3.05, 3.63) is 191 Å². The van der Waals surface area contributed by atoms with Gasteiger partial charge >= 0.3 is 363 Å². The van der Waals surface area contributed by atoms with Crippen LogP contribution >= 0.6 is 0 Å². The average molecular weight is 976 g/mol. The van der Waals surface area contributed by atoms with Crippen molar-refractivity contribution in [3.63, 3.8) is 0 Å². The molecule has 3 aliphatic rings. The van der Waals surface area contributed by atoms with Crippen molar-refractivity contribution in [1.29, 1.82) is 0 Å². The van der Waals surface area contributed by atoms with Crippen LogP contribution in [0.5, 0.6) is 23.0 Å². The van der Waals surface area contributed by atoms with Gasteiger partial charge in [-0.2, -0.15) is 0 Å². The molecule has 0 aromatic heterocycles. The van der Waals surface area contributed by atoms with Crippen LogP contribution in [0.4, 0.5) is 51.2 Å². The van der Waals surface area contributed by atoms with Gasteiger partial charge in [0.15, 0.2) is 0 Å². The van der Waals surface area contributed by atoms with Crippen LogP contribution in [-0.2, 0) is 0 Å². The Labute approximate surface area is 360 Å². The predicted octanol–water partition coefficient (Wildman–Crippen LogP) is 13.0. The van der Waals surface area contributed by atoms with Crippen LogP contribution in [0.1, 0.15) is 33.4 Å². The Hall–Kier alpha value is -6.36. The maximum absolute atomic E-state index is 7.37. The van der Waals surface area contributed by atoms with Gasteiger partial charge in [0, 0.05) is 0 Å². The molecule has 3 heterocycles. The molecule has 0 N–H and O–H groups in total. The van der Waals surface area contributed by atoms with E-state index in [1.807, 2.05) is 0 Å². The van der Waals surface area contributed by atoms with E-state index in [4.69, 9.17) is 9.47 Å². The van der Waals surface area contributed by atoms with Crippen molar-refractivity contribution >= 4 is 82.8 Å². The summed E-state index contributed by atoms with van der Waals surface area (Å²) in [6.07, 6.45) is 0. The van der Waals surface area contributed by atoms with Gasteiger partial charge in [0.05, 0.1) is 0 Å². The standard InChI is InChI=1S/C54H44N3O2.Bi/c1-36-7-17-42(18-8-36)55-47-27-29-51(56(43-19-9-37(2)10-20-43)44-21-11-38(3)12-22-44)53(33-47)58-49-31-41(6)32-50(35-49)59-54-34-48(55)28-30-52(54)57(45-23-13-39(4)14-24-45)46-25-15-40(5)16-26-46;/h7-32H,1-6H3;. The number of anilines is 9. The van der Waals surface area contributed by atoms with Gasteiger partial charge in [-0.05, 0) is 0 Å². The van der Waals surface area contributed by atoms with Gasteiger partial charge in [-0.1, -0.05) is 0 Å². The number of hydrogen-bond donors (Lipinski definition) is 0. The van der Waals surface area contributed by atoms with Gasteiger partial charge in [0.1, 0.15) is 0 Å². The normalized spacial score (nSPS) is 13.0. The van der Waals surface area contributed by atoms with E-state index in [-0.39, 0.29) is 0 Å². The minimum absolute atomic E-state index is 0.918. The summed E-state index contributed by atoms with van der Waals surface area (Å²) in [6.45, 7) is 12.9. The molecule has 0 saturated heterocycles. The molecule has 0 saturated carbocycles. The first kappa shape index (κ1) is 36.7. The maximum atomic E-state index is 7.37. The quantitative estimate of drug-likeness (QED) is 0.148. The Kier molecular flexibility index (Phi) is 8.65. The number of ether oxygens (including phenoxy) is 2. The first-order chi connectivity index (χ1) is 29.2. The van der Waals surface area contributed by atoms with Crippen molar-refractivity contribution < 1.29 is 9.47 Å². The molecule has 292 valence electrons. The van der Waals surface area contributed by atoms with Gasteiger partial charge in [-0.15, -0.1) is 0 Å². The summed E-state index contributed by atoms with van der Waals surface area (Å²) in [5, 5.41) is 0. The van der Waals surface area contributed by atoms with E-state index in [9.17, 15) is 0 Å². The third-order valence-electron chi connectivity index (χ3n) is 11.9. The van der Waals surface area contributed by atoms with Crippen molar-refractivity contribution in [2.24, 2.45) is 0 Å². The fourth-order valence-electron chi connectivity index (χ4n) is 8.82. The van der Waals surface area contributed by atoms with E-state index in [0.717, 1.165) is 68.4 Å². The van der Waals surface area contributed by atoms with Gasteiger partial charge in [-0.3, -0.25) is 0 Å². The summed E-state index contributed by atoms with van der Waals surface area (Å²) in [5.74, 6) is 3.71. The molecule has 0 aliphatic carbocycles. The van der Waals surface area contributed by atoms with Crippen LogP contribution in [0.25, 0.3) is 0 Å². The molecule has 0 atom stereocenters. The molecule has 0 spiro atoms. The number of rotatable bonds is 7. The second-order valence-electron chi connectivity index (χ2n) is 16.4. The molecule has 8 aromatic rings. The molecular weight excluding hydrogens is 932 g/mol. The Balaban J connectivity index is 1.22. The molecule has 0 radical (unpaired) electrons. The topological polar surface area (TPSA) is 28.2 Å². The Bertz CT molecular complexity index is 2710. The summed E-state index contributed by atoms with van der Waals surface area (Å²) in [7, 11) is 0. The number of hydrogen-bond acceptors (Lipinski definition) is 5. The van der Waals surface area contributed by atoms with Crippen LogP contribution in [0.15, 0.2) is 158 Å². The minimum atomic E-state index is -3.31. The first-order valence-electron chi connectivity index (χ1n) is 20.6. The molecule has 0 bridgehead atoms. The zero-order valence-corrected chi connectivity index (χ0v) is 38.1. The Morgan fingerprint density at radius 2 is 0.700 bits per heavy atom. The fourth-order valence-corrected chi connectivity index (χ4v) is 20.0. The second kappa shape index (κ2) is 14.1. The molecule has 6 heteroatoms. The van der Waals surface area contributed by atoms with E-state index in [2.05, 4.69) is 214 Å². The third-order valence-corrected chi connectivity index (χ3v) is 22.2. The van der Waals surface area contributed by atoms with Gasteiger partial charge in [0.25, 0.3) is 0 Å². The molecule has 0 amide bonds. The predicted molar refractivity (Wildman–Crippen MR) is 250 cm³/mol. The third kappa shape index (κ3) is 5.91. The summed E-state index contributed by atoms with van der Waals surface area (Å²) < 4.78 is 18.7. The van der Waals surface area contributed by atoms with Gasteiger partial charge in [-0.25, -0.2) is 0 Å². The summed E-state index contributed by atoms with van der Waals surface area (Å²) >= 11 is -3.31. The summed E-state index contributed by atoms with van der Waals surface area (Å²) in [4.78, 5) is 7.21. The molecule has 3 aliphatic heterocycles. The van der Waals surface area contributed by atoms with Gasteiger partial charge in [0.2, 0.25) is 0 Å². The van der Waals surface area contributed by atoms with Crippen LogP contribution in [0.3, 0.4) is 0 Å². The average Bonchev–Trinajstić information content (AvgIpc) is 3.25. The summed E-state index contributed by atoms with van der Waals surface area (Å²) in [6, 6.07) is 58.0. The van der Waals surface area contributed by atoms with Crippen LogP contribution in [0, 0.1) is 41.5 Å². The van der Waals surface area contributed by atoms with Crippen LogP contribution in [-0.4, -0.2) is 21.8 Å². The van der Waals surface area contributed by atoms with E-state index in [1.54, 1.807) is 0 Å². The molecule has 0 fully saturated rings. The summed E-state index contributed by atoms with van der Waals surface area (Å²) in [5.41, 5.74) is 17.1. The molecular formula is C54H44BiN3O2. The van der Waals surface area contributed by atoms with Crippen LogP contribution in [0.2, 0.25) is 0 Å². The Morgan fingerprint density at radius 3 is 1.05 bits per heavy atom. The zero-order valence-electron chi connectivity index (χ0n) is 34.6.